The normalized spacial score (nSPS) is 9.57. The fraction of sp³-hybridized carbons (Fsp3) is 0.118. The molecule has 4 nitrogen and oxygen atoms in total. The lowest BCUT2D eigenvalue weighted by molar-refractivity contribution is 0.102. The SMILES string of the molecule is C#Cc1cccc(NC(=O)c2cccc(OC)c2OC)c1. The zero-order chi connectivity index (χ0) is 15.2. The minimum absolute atomic E-state index is 0.292. The number of terminal acetylenes is 1. The summed E-state index contributed by atoms with van der Waals surface area (Å²) in [5.41, 5.74) is 1.72. The van der Waals surface area contributed by atoms with Gasteiger partial charge in [0.2, 0.25) is 0 Å². The van der Waals surface area contributed by atoms with E-state index in [1.807, 2.05) is 0 Å². The number of anilines is 1. The summed E-state index contributed by atoms with van der Waals surface area (Å²) in [5.74, 6) is 3.13. The topological polar surface area (TPSA) is 47.6 Å². The number of ether oxygens (including phenoxy) is 2. The summed E-state index contributed by atoms with van der Waals surface area (Å²) in [7, 11) is 3.02. The Morgan fingerprint density at radius 3 is 2.57 bits per heavy atom. The Kier molecular flexibility index (Phi) is 4.47. The molecule has 0 bridgehead atoms. The minimum Gasteiger partial charge on any atom is -0.493 e. The molecule has 2 aromatic carbocycles. The van der Waals surface area contributed by atoms with Gasteiger partial charge in [-0.3, -0.25) is 4.79 Å². The van der Waals surface area contributed by atoms with Crippen LogP contribution in [-0.4, -0.2) is 20.1 Å². The first-order valence-electron chi connectivity index (χ1n) is 6.28. The maximum absolute atomic E-state index is 12.4. The molecule has 2 rings (SSSR count). The van der Waals surface area contributed by atoms with Crippen molar-refractivity contribution >= 4 is 11.6 Å². The van der Waals surface area contributed by atoms with Crippen molar-refractivity contribution in [1.82, 2.24) is 0 Å². The van der Waals surface area contributed by atoms with Gasteiger partial charge in [-0.15, -0.1) is 6.42 Å². The monoisotopic (exact) mass is 281 g/mol. The van der Waals surface area contributed by atoms with Gasteiger partial charge in [-0.25, -0.2) is 0 Å². The molecular formula is C17H15NO3. The molecule has 106 valence electrons. The van der Waals surface area contributed by atoms with Gasteiger partial charge in [-0.05, 0) is 30.3 Å². The number of carbonyl (C=O) groups is 1. The molecule has 4 heteroatoms. The summed E-state index contributed by atoms with van der Waals surface area (Å²) in [6, 6.07) is 12.2. The number of nitrogens with one attached hydrogen (secondary N) is 1. The number of para-hydroxylation sites is 1. The third-order valence-electron chi connectivity index (χ3n) is 2.93. The summed E-state index contributed by atoms with van der Waals surface area (Å²) >= 11 is 0. The average Bonchev–Trinajstić information content (AvgIpc) is 2.53. The van der Waals surface area contributed by atoms with Crippen molar-refractivity contribution in [2.24, 2.45) is 0 Å². The summed E-state index contributed by atoms with van der Waals surface area (Å²) in [6.45, 7) is 0. The Morgan fingerprint density at radius 1 is 1.14 bits per heavy atom. The molecule has 0 aromatic heterocycles. The van der Waals surface area contributed by atoms with Crippen LogP contribution in [0.15, 0.2) is 42.5 Å². The van der Waals surface area contributed by atoms with Crippen LogP contribution in [0.3, 0.4) is 0 Å². The van der Waals surface area contributed by atoms with E-state index in [-0.39, 0.29) is 5.91 Å². The zero-order valence-corrected chi connectivity index (χ0v) is 11.8. The van der Waals surface area contributed by atoms with Crippen molar-refractivity contribution in [1.29, 1.82) is 0 Å². The molecule has 0 fully saturated rings. The number of hydrogen-bond donors (Lipinski definition) is 1. The molecule has 0 radical (unpaired) electrons. The Balaban J connectivity index is 2.30. The van der Waals surface area contributed by atoms with Gasteiger partial charge in [0.15, 0.2) is 11.5 Å². The molecule has 0 unspecified atom stereocenters. The van der Waals surface area contributed by atoms with E-state index in [0.717, 1.165) is 0 Å². The Hall–Kier alpha value is -2.93. The average molecular weight is 281 g/mol. The fourth-order valence-corrected chi connectivity index (χ4v) is 1.95. The highest BCUT2D eigenvalue weighted by molar-refractivity contribution is 6.06. The fourth-order valence-electron chi connectivity index (χ4n) is 1.95. The van der Waals surface area contributed by atoms with Crippen molar-refractivity contribution in [2.75, 3.05) is 19.5 Å². The number of benzene rings is 2. The molecule has 2 aromatic rings. The van der Waals surface area contributed by atoms with Crippen LogP contribution in [0.2, 0.25) is 0 Å². The predicted molar refractivity (Wildman–Crippen MR) is 81.9 cm³/mol. The quantitative estimate of drug-likeness (QED) is 0.876. The van der Waals surface area contributed by atoms with E-state index in [0.29, 0.717) is 28.3 Å². The molecule has 1 N–H and O–H groups in total. The van der Waals surface area contributed by atoms with Gasteiger partial charge in [-0.1, -0.05) is 18.1 Å². The summed E-state index contributed by atoms with van der Waals surface area (Å²) in [6.07, 6.45) is 5.34. The van der Waals surface area contributed by atoms with Crippen LogP contribution in [0.1, 0.15) is 15.9 Å². The molecule has 1 amide bonds. The van der Waals surface area contributed by atoms with Gasteiger partial charge in [0, 0.05) is 11.3 Å². The second-order valence-corrected chi connectivity index (χ2v) is 4.22. The van der Waals surface area contributed by atoms with Crippen LogP contribution in [0.4, 0.5) is 5.69 Å². The molecule has 0 aliphatic rings. The van der Waals surface area contributed by atoms with Crippen LogP contribution in [0.5, 0.6) is 11.5 Å². The van der Waals surface area contributed by atoms with Crippen molar-refractivity contribution < 1.29 is 14.3 Å². The third kappa shape index (κ3) is 3.15. The van der Waals surface area contributed by atoms with E-state index < -0.39 is 0 Å². The lowest BCUT2D eigenvalue weighted by Crippen LogP contribution is -2.13. The van der Waals surface area contributed by atoms with Gasteiger partial charge < -0.3 is 14.8 Å². The molecule has 0 heterocycles. The third-order valence-corrected chi connectivity index (χ3v) is 2.93. The smallest absolute Gasteiger partial charge is 0.259 e. The highest BCUT2D eigenvalue weighted by atomic mass is 16.5. The van der Waals surface area contributed by atoms with Crippen molar-refractivity contribution in [3.05, 3.63) is 53.6 Å². The second-order valence-electron chi connectivity index (χ2n) is 4.22. The highest BCUT2D eigenvalue weighted by Crippen LogP contribution is 2.31. The molecule has 0 saturated heterocycles. The van der Waals surface area contributed by atoms with Gasteiger partial charge >= 0.3 is 0 Å². The van der Waals surface area contributed by atoms with Crippen LogP contribution in [0, 0.1) is 12.3 Å². The van der Waals surface area contributed by atoms with Crippen LogP contribution in [0.25, 0.3) is 0 Å². The largest absolute Gasteiger partial charge is 0.493 e. The van der Waals surface area contributed by atoms with Crippen molar-refractivity contribution in [3.8, 4) is 23.8 Å². The summed E-state index contributed by atoms with van der Waals surface area (Å²) < 4.78 is 10.4. The lowest BCUT2D eigenvalue weighted by atomic mass is 10.1. The summed E-state index contributed by atoms with van der Waals surface area (Å²) in [5, 5.41) is 2.79. The Labute approximate surface area is 123 Å². The molecular weight excluding hydrogens is 266 g/mol. The van der Waals surface area contributed by atoms with Crippen LogP contribution < -0.4 is 14.8 Å². The number of amides is 1. The first-order valence-corrected chi connectivity index (χ1v) is 6.28. The first-order chi connectivity index (χ1) is 10.2. The van der Waals surface area contributed by atoms with Crippen LogP contribution >= 0.6 is 0 Å². The molecule has 0 spiro atoms. The second kappa shape index (κ2) is 6.49. The van der Waals surface area contributed by atoms with Crippen molar-refractivity contribution in [3.63, 3.8) is 0 Å². The standard InChI is InChI=1S/C17H15NO3/c1-4-12-7-5-8-13(11-12)18-17(19)14-9-6-10-15(20-2)16(14)21-3/h1,5-11H,2-3H3,(H,18,19). The van der Waals surface area contributed by atoms with E-state index in [2.05, 4.69) is 11.2 Å². The van der Waals surface area contributed by atoms with Crippen LogP contribution in [-0.2, 0) is 0 Å². The zero-order valence-electron chi connectivity index (χ0n) is 11.8. The van der Waals surface area contributed by atoms with E-state index in [9.17, 15) is 4.79 Å². The number of rotatable bonds is 4. The van der Waals surface area contributed by atoms with Gasteiger partial charge in [0.1, 0.15) is 0 Å². The number of carbonyl (C=O) groups excluding carboxylic acids is 1. The maximum atomic E-state index is 12.4. The molecule has 21 heavy (non-hydrogen) atoms. The minimum atomic E-state index is -0.292. The first kappa shape index (κ1) is 14.5. The van der Waals surface area contributed by atoms with E-state index in [4.69, 9.17) is 15.9 Å². The van der Waals surface area contributed by atoms with Gasteiger partial charge in [-0.2, -0.15) is 0 Å². The van der Waals surface area contributed by atoms with Crippen molar-refractivity contribution in [2.45, 2.75) is 0 Å². The van der Waals surface area contributed by atoms with Gasteiger partial charge in [0.05, 0.1) is 19.8 Å². The molecule has 0 aliphatic heterocycles. The lowest BCUT2D eigenvalue weighted by Gasteiger charge is -2.12. The van der Waals surface area contributed by atoms with Gasteiger partial charge in [0.25, 0.3) is 5.91 Å². The van der Waals surface area contributed by atoms with E-state index >= 15 is 0 Å². The molecule has 0 saturated carbocycles. The maximum Gasteiger partial charge on any atom is 0.259 e. The summed E-state index contributed by atoms with van der Waals surface area (Å²) in [4.78, 5) is 12.4. The number of methoxy groups -OCH3 is 2. The molecule has 0 atom stereocenters. The van der Waals surface area contributed by atoms with E-state index in [1.165, 1.54) is 14.2 Å². The Bertz CT molecular complexity index is 701. The van der Waals surface area contributed by atoms with E-state index in [1.54, 1.807) is 42.5 Å². The highest BCUT2D eigenvalue weighted by Gasteiger charge is 2.16. The Morgan fingerprint density at radius 2 is 1.90 bits per heavy atom. The molecule has 0 aliphatic carbocycles. The number of hydrogen-bond acceptors (Lipinski definition) is 3. The predicted octanol–water partition coefficient (Wildman–Crippen LogP) is 2.94.